The molecule has 162 valence electrons. The van der Waals surface area contributed by atoms with Crippen LogP contribution in [0.5, 0.6) is 0 Å². The molecular weight excluding hydrogens is 431 g/mol. The van der Waals surface area contributed by atoms with Gasteiger partial charge in [0, 0.05) is 24.7 Å². The van der Waals surface area contributed by atoms with E-state index in [0.717, 1.165) is 12.1 Å². The van der Waals surface area contributed by atoms with Crippen LogP contribution in [0.3, 0.4) is 0 Å². The third kappa shape index (κ3) is 4.78. The van der Waals surface area contributed by atoms with E-state index in [0.29, 0.717) is 22.1 Å². The molecule has 11 heteroatoms. The Kier molecular flexibility index (Phi) is 5.87. The lowest BCUT2D eigenvalue weighted by Crippen LogP contribution is -2.42. The van der Waals surface area contributed by atoms with Crippen LogP contribution >= 0.6 is 0 Å². The lowest BCUT2D eigenvalue weighted by molar-refractivity contribution is -0.133. The van der Waals surface area contributed by atoms with Gasteiger partial charge in [0.2, 0.25) is 15.9 Å². The fraction of sp³-hybridized carbons (Fsp3) is 0.316. The zero-order valence-corrected chi connectivity index (χ0v) is 16.4. The minimum Gasteiger partial charge on any atom is -0.303 e. The molecule has 0 saturated carbocycles. The highest BCUT2D eigenvalue weighted by atomic mass is 32.2. The van der Waals surface area contributed by atoms with Crippen LogP contribution in [-0.2, 0) is 21.4 Å². The van der Waals surface area contributed by atoms with E-state index < -0.39 is 45.2 Å². The van der Waals surface area contributed by atoms with Crippen molar-refractivity contribution in [2.45, 2.75) is 36.9 Å². The third-order valence-electron chi connectivity index (χ3n) is 4.68. The van der Waals surface area contributed by atoms with Crippen molar-refractivity contribution in [3.63, 3.8) is 0 Å². The maximum Gasteiger partial charge on any atom is 0.406 e. The first-order chi connectivity index (χ1) is 13.9. The number of benzene rings is 2. The fourth-order valence-electron chi connectivity index (χ4n) is 3.27. The predicted molar refractivity (Wildman–Crippen MR) is 98.3 cm³/mol. The quantitative estimate of drug-likeness (QED) is 0.707. The van der Waals surface area contributed by atoms with Gasteiger partial charge in [0.1, 0.15) is 23.1 Å². The van der Waals surface area contributed by atoms with Gasteiger partial charge in [-0.3, -0.25) is 4.79 Å². The van der Waals surface area contributed by atoms with Gasteiger partial charge in [0.15, 0.2) is 0 Å². The van der Waals surface area contributed by atoms with E-state index >= 15 is 0 Å². The van der Waals surface area contributed by atoms with Crippen molar-refractivity contribution in [1.82, 2.24) is 4.72 Å². The number of nitrogens with one attached hydrogen (secondary N) is 1. The van der Waals surface area contributed by atoms with Crippen LogP contribution in [0.1, 0.15) is 30.4 Å². The number of amides is 1. The Bertz CT molecular complexity index is 1090. The maximum absolute atomic E-state index is 13.8. The van der Waals surface area contributed by atoms with Gasteiger partial charge in [-0.2, -0.15) is 13.2 Å². The number of carbonyl (C=O) groups excluding carboxylic acids is 1. The largest absolute Gasteiger partial charge is 0.406 e. The molecule has 1 N–H and O–H groups in total. The van der Waals surface area contributed by atoms with Gasteiger partial charge in [-0.15, -0.1) is 0 Å². The maximum atomic E-state index is 13.8. The van der Waals surface area contributed by atoms with E-state index in [1.165, 1.54) is 18.2 Å². The minimum absolute atomic E-state index is 0.112. The SMILES string of the molecule is CC1CC(=O)N(CC(F)(F)F)c2ccc(CNS(=O)(=O)c3ccc(F)cc3F)cc21. The molecule has 5 nitrogen and oxygen atoms in total. The summed E-state index contributed by atoms with van der Waals surface area (Å²) in [7, 11) is -4.29. The number of halogens is 5. The van der Waals surface area contributed by atoms with Crippen molar-refractivity contribution in [3.8, 4) is 0 Å². The van der Waals surface area contributed by atoms with Crippen molar-refractivity contribution in [3.05, 3.63) is 59.2 Å². The zero-order chi connectivity index (χ0) is 22.3. The lowest BCUT2D eigenvalue weighted by atomic mass is 9.89. The van der Waals surface area contributed by atoms with E-state index in [9.17, 15) is 35.2 Å². The van der Waals surface area contributed by atoms with E-state index in [1.807, 2.05) is 0 Å². The highest BCUT2D eigenvalue weighted by Crippen LogP contribution is 2.37. The Labute approximate surface area is 169 Å². The molecule has 3 rings (SSSR count). The normalized spacial score (nSPS) is 17.2. The molecule has 0 fully saturated rings. The molecule has 30 heavy (non-hydrogen) atoms. The minimum atomic E-state index is -4.57. The van der Waals surface area contributed by atoms with Gasteiger partial charge in [0.25, 0.3) is 0 Å². The van der Waals surface area contributed by atoms with Crippen LogP contribution in [-0.4, -0.2) is 27.0 Å². The second-order valence-electron chi connectivity index (χ2n) is 6.99. The van der Waals surface area contributed by atoms with Crippen molar-refractivity contribution < 1.29 is 35.2 Å². The molecule has 0 spiro atoms. The summed E-state index contributed by atoms with van der Waals surface area (Å²) in [6.07, 6.45) is -4.68. The van der Waals surface area contributed by atoms with E-state index in [4.69, 9.17) is 0 Å². The molecule has 0 aromatic heterocycles. The Hall–Kier alpha value is -2.53. The molecule has 1 heterocycles. The zero-order valence-electron chi connectivity index (χ0n) is 15.6. The number of hydrogen-bond donors (Lipinski definition) is 1. The van der Waals surface area contributed by atoms with Crippen molar-refractivity contribution >= 4 is 21.6 Å². The van der Waals surface area contributed by atoms with Crippen LogP contribution in [0.4, 0.5) is 27.6 Å². The van der Waals surface area contributed by atoms with Crippen LogP contribution < -0.4 is 9.62 Å². The summed E-state index contributed by atoms with van der Waals surface area (Å²) in [6.45, 7) is -0.00273. The van der Waals surface area contributed by atoms with E-state index in [1.54, 1.807) is 6.92 Å². The second kappa shape index (κ2) is 7.95. The first-order valence-electron chi connectivity index (χ1n) is 8.82. The molecule has 1 atom stereocenters. The summed E-state index contributed by atoms with van der Waals surface area (Å²) in [6, 6.07) is 6.28. The molecule has 1 aliphatic rings. The number of fused-ring (bicyclic) bond motifs is 1. The molecule has 0 saturated heterocycles. The Balaban J connectivity index is 1.84. The number of hydrogen-bond acceptors (Lipinski definition) is 3. The fourth-order valence-corrected chi connectivity index (χ4v) is 4.35. The average Bonchev–Trinajstić information content (AvgIpc) is 2.62. The van der Waals surface area contributed by atoms with E-state index in [2.05, 4.69) is 4.72 Å². The van der Waals surface area contributed by atoms with Crippen molar-refractivity contribution in [2.75, 3.05) is 11.4 Å². The smallest absolute Gasteiger partial charge is 0.303 e. The van der Waals surface area contributed by atoms with Crippen LogP contribution in [0.25, 0.3) is 0 Å². The van der Waals surface area contributed by atoms with Crippen molar-refractivity contribution in [2.24, 2.45) is 0 Å². The highest BCUT2D eigenvalue weighted by Gasteiger charge is 2.38. The third-order valence-corrected chi connectivity index (χ3v) is 6.12. The van der Waals surface area contributed by atoms with Gasteiger partial charge in [0.05, 0.1) is 0 Å². The second-order valence-corrected chi connectivity index (χ2v) is 8.73. The Morgan fingerprint density at radius 1 is 1.13 bits per heavy atom. The molecule has 2 aromatic rings. The first kappa shape index (κ1) is 22.2. The summed E-state index contributed by atoms with van der Waals surface area (Å²) < 4.78 is 92.0. The molecule has 0 aliphatic carbocycles. The molecule has 1 unspecified atom stereocenters. The molecule has 0 bridgehead atoms. The van der Waals surface area contributed by atoms with Gasteiger partial charge >= 0.3 is 6.18 Å². The first-order valence-corrected chi connectivity index (χ1v) is 10.3. The lowest BCUT2D eigenvalue weighted by Gasteiger charge is -2.33. The number of anilines is 1. The molecule has 1 amide bonds. The standard InChI is InChI=1S/C19H17F5N2O3S/c1-11-6-18(27)26(10-19(22,23)24)16-4-2-12(7-14(11)16)9-25-30(28,29)17-5-3-13(20)8-15(17)21/h2-5,7-8,11,25H,6,9-10H2,1H3. The van der Waals surface area contributed by atoms with Gasteiger partial charge < -0.3 is 4.90 Å². The van der Waals surface area contributed by atoms with Crippen molar-refractivity contribution in [1.29, 1.82) is 0 Å². The van der Waals surface area contributed by atoms with Crippen LogP contribution in [0.15, 0.2) is 41.3 Å². The Morgan fingerprint density at radius 2 is 1.83 bits per heavy atom. The monoisotopic (exact) mass is 448 g/mol. The number of rotatable bonds is 5. The summed E-state index contributed by atoms with van der Waals surface area (Å²) in [5.41, 5.74) is 1.00. The van der Waals surface area contributed by atoms with Crippen LogP contribution in [0, 0.1) is 11.6 Å². The summed E-state index contributed by atoms with van der Waals surface area (Å²) in [5, 5.41) is 0. The summed E-state index contributed by atoms with van der Waals surface area (Å²) in [4.78, 5) is 12.0. The number of nitrogens with zero attached hydrogens (tertiary/aromatic N) is 1. The number of sulfonamides is 1. The molecule has 1 aliphatic heterocycles. The van der Waals surface area contributed by atoms with Gasteiger partial charge in [-0.25, -0.2) is 21.9 Å². The molecular formula is C19H17F5N2O3S. The van der Waals surface area contributed by atoms with Crippen LogP contribution in [0.2, 0.25) is 0 Å². The van der Waals surface area contributed by atoms with Gasteiger partial charge in [-0.1, -0.05) is 19.1 Å². The molecule has 2 aromatic carbocycles. The predicted octanol–water partition coefficient (Wildman–Crippen LogP) is 3.85. The van der Waals surface area contributed by atoms with Gasteiger partial charge in [-0.05, 0) is 35.2 Å². The topological polar surface area (TPSA) is 66.5 Å². The highest BCUT2D eigenvalue weighted by molar-refractivity contribution is 7.89. The Morgan fingerprint density at radius 3 is 2.47 bits per heavy atom. The molecule has 0 radical (unpaired) electrons. The number of alkyl halides is 3. The number of carbonyl (C=O) groups is 1. The van der Waals surface area contributed by atoms with E-state index in [-0.39, 0.29) is 24.6 Å². The summed E-state index contributed by atoms with van der Waals surface area (Å²) >= 11 is 0. The average molecular weight is 448 g/mol. The summed E-state index contributed by atoms with van der Waals surface area (Å²) in [5.74, 6) is -3.17.